The maximum absolute atomic E-state index is 13.0. The van der Waals surface area contributed by atoms with Crippen LogP contribution in [0.25, 0.3) is 10.9 Å². The molecule has 0 atom stereocenters. The van der Waals surface area contributed by atoms with Crippen molar-refractivity contribution in [1.82, 2.24) is 10.0 Å². The standard InChI is InChI=1S/C21H20N2O6/c1-21(2,20(27)28)22-18(25)16-17(24)14-10-6-7-11-15(14)23(19(16)26)29-12-13-8-4-3-5-9-13/h3-11,24H,12H2,1-2H3,(H,22,25)(H,27,28). The molecule has 0 aliphatic heterocycles. The third kappa shape index (κ3) is 3.91. The van der Waals surface area contributed by atoms with Gasteiger partial charge in [-0.05, 0) is 31.5 Å². The highest BCUT2D eigenvalue weighted by atomic mass is 16.7. The Labute approximate surface area is 165 Å². The van der Waals surface area contributed by atoms with Crippen molar-refractivity contribution in [3.05, 3.63) is 76.1 Å². The van der Waals surface area contributed by atoms with Crippen LogP contribution < -0.4 is 15.7 Å². The summed E-state index contributed by atoms with van der Waals surface area (Å²) in [6.45, 7) is 2.60. The minimum absolute atomic E-state index is 0.0528. The zero-order chi connectivity index (χ0) is 21.2. The zero-order valence-electron chi connectivity index (χ0n) is 15.9. The second kappa shape index (κ2) is 7.67. The number of aliphatic carboxylic acids is 1. The number of amides is 1. The SMILES string of the molecule is CC(C)(NC(=O)c1c(O)c2ccccc2n(OCc2ccccc2)c1=O)C(=O)O. The predicted octanol–water partition coefficient (Wildman–Crippen LogP) is 1.93. The van der Waals surface area contributed by atoms with E-state index in [0.29, 0.717) is 0 Å². The normalized spacial score (nSPS) is 11.2. The zero-order valence-corrected chi connectivity index (χ0v) is 15.9. The molecule has 0 bridgehead atoms. The molecule has 1 aromatic heterocycles. The van der Waals surface area contributed by atoms with E-state index >= 15 is 0 Å². The molecule has 3 aromatic rings. The topological polar surface area (TPSA) is 118 Å². The van der Waals surface area contributed by atoms with Crippen molar-refractivity contribution in [2.45, 2.75) is 26.0 Å². The fourth-order valence-electron chi connectivity index (χ4n) is 2.74. The molecule has 3 rings (SSSR count). The second-order valence-electron chi connectivity index (χ2n) is 6.98. The van der Waals surface area contributed by atoms with Crippen molar-refractivity contribution >= 4 is 22.8 Å². The van der Waals surface area contributed by atoms with Crippen LogP contribution in [0.4, 0.5) is 0 Å². The lowest BCUT2D eigenvalue weighted by atomic mass is 10.0. The number of para-hydroxylation sites is 1. The molecule has 1 heterocycles. The number of nitrogens with one attached hydrogen (secondary N) is 1. The predicted molar refractivity (Wildman–Crippen MR) is 106 cm³/mol. The molecule has 29 heavy (non-hydrogen) atoms. The van der Waals surface area contributed by atoms with Gasteiger partial charge in [0.2, 0.25) is 0 Å². The van der Waals surface area contributed by atoms with Crippen LogP contribution in [0.1, 0.15) is 29.8 Å². The van der Waals surface area contributed by atoms with Crippen molar-refractivity contribution in [2.24, 2.45) is 0 Å². The Morgan fingerprint density at radius 1 is 1.07 bits per heavy atom. The van der Waals surface area contributed by atoms with Gasteiger partial charge in [0.15, 0.2) is 5.56 Å². The van der Waals surface area contributed by atoms with E-state index in [4.69, 9.17) is 4.84 Å². The molecule has 0 saturated heterocycles. The minimum Gasteiger partial charge on any atom is -0.506 e. The van der Waals surface area contributed by atoms with Gasteiger partial charge in [0, 0.05) is 5.39 Å². The van der Waals surface area contributed by atoms with Gasteiger partial charge < -0.3 is 20.4 Å². The highest BCUT2D eigenvalue weighted by Crippen LogP contribution is 2.26. The molecule has 0 unspecified atom stereocenters. The molecule has 2 aromatic carbocycles. The van der Waals surface area contributed by atoms with Crippen LogP contribution in [0.15, 0.2) is 59.4 Å². The van der Waals surface area contributed by atoms with Gasteiger partial charge in [-0.25, -0.2) is 4.79 Å². The summed E-state index contributed by atoms with van der Waals surface area (Å²) in [7, 11) is 0. The Kier molecular flexibility index (Phi) is 5.27. The highest BCUT2D eigenvalue weighted by Gasteiger charge is 2.32. The molecular formula is C21H20N2O6. The Hall–Kier alpha value is -3.81. The number of nitrogens with zero attached hydrogens (tertiary/aromatic N) is 1. The summed E-state index contributed by atoms with van der Waals surface area (Å²) in [5, 5.41) is 22.3. The molecule has 0 spiro atoms. The molecule has 0 aliphatic carbocycles. The maximum atomic E-state index is 13.0. The summed E-state index contributed by atoms with van der Waals surface area (Å²) in [5.41, 5.74) is -2.05. The van der Waals surface area contributed by atoms with Gasteiger partial charge in [-0.2, -0.15) is 0 Å². The molecule has 150 valence electrons. The van der Waals surface area contributed by atoms with Crippen molar-refractivity contribution in [2.75, 3.05) is 0 Å². The number of pyridine rings is 1. The van der Waals surface area contributed by atoms with Crippen LogP contribution in [0.3, 0.4) is 0 Å². The van der Waals surface area contributed by atoms with Gasteiger partial charge in [0.05, 0.1) is 5.52 Å². The lowest BCUT2D eigenvalue weighted by Crippen LogP contribution is -2.51. The number of aromatic nitrogens is 1. The molecule has 0 aliphatic rings. The van der Waals surface area contributed by atoms with Crippen molar-refractivity contribution in [3.8, 4) is 5.75 Å². The summed E-state index contributed by atoms with van der Waals surface area (Å²) in [4.78, 5) is 42.6. The third-order valence-electron chi connectivity index (χ3n) is 4.40. The molecule has 1 amide bonds. The Morgan fingerprint density at radius 3 is 2.34 bits per heavy atom. The van der Waals surface area contributed by atoms with Crippen molar-refractivity contribution in [3.63, 3.8) is 0 Å². The number of rotatable bonds is 6. The molecule has 8 heteroatoms. The summed E-state index contributed by atoms with van der Waals surface area (Å²) < 4.78 is 0.935. The van der Waals surface area contributed by atoms with Gasteiger partial charge in [-0.3, -0.25) is 9.59 Å². The number of carbonyl (C=O) groups excluding carboxylic acids is 1. The van der Waals surface area contributed by atoms with Crippen LogP contribution in [-0.4, -0.2) is 32.4 Å². The lowest BCUT2D eigenvalue weighted by Gasteiger charge is -2.22. The quantitative estimate of drug-likeness (QED) is 0.586. The monoisotopic (exact) mass is 396 g/mol. The van der Waals surface area contributed by atoms with E-state index in [2.05, 4.69) is 5.32 Å². The molecular weight excluding hydrogens is 376 g/mol. The first-order chi connectivity index (χ1) is 13.7. The van der Waals surface area contributed by atoms with Crippen LogP contribution >= 0.6 is 0 Å². The summed E-state index contributed by atoms with van der Waals surface area (Å²) in [5.74, 6) is -2.83. The fourth-order valence-corrected chi connectivity index (χ4v) is 2.74. The second-order valence-corrected chi connectivity index (χ2v) is 6.98. The summed E-state index contributed by atoms with van der Waals surface area (Å²) >= 11 is 0. The van der Waals surface area contributed by atoms with Crippen LogP contribution in [0.5, 0.6) is 5.75 Å². The summed E-state index contributed by atoms with van der Waals surface area (Å²) in [6.07, 6.45) is 0. The highest BCUT2D eigenvalue weighted by molar-refractivity contribution is 6.03. The van der Waals surface area contributed by atoms with Crippen molar-refractivity contribution < 1.29 is 24.6 Å². The van der Waals surface area contributed by atoms with Crippen LogP contribution in [0.2, 0.25) is 0 Å². The number of carbonyl (C=O) groups is 2. The van der Waals surface area contributed by atoms with Crippen molar-refractivity contribution in [1.29, 1.82) is 0 Å². The van der Waals surface area contributed by atoms with E-state index < -0.39 is 34.3 Å². The molecule has 8 nitrogen and oxygen atoms in total. The van der Waals surface area contributed by atoms with E-state index in [1.165, 1.54) is 19.9 Å². The van der Waals surface area contributed by atoms with E-state index in [0.717, 1.165) is 10.3 Å². The van der Waals surface area contributed by atoms with Gasteiger partial charge >= 0.3 is 5.97 Å². The third-order valence-corrected chi connectivity index (χ3v) is 4.40. The largest absolute Gasteiger partial charge is 0.506 e. The molecule has 0 radical (unpaired) electrons. The smallest absolute Gasteiger partial charge is 0.328 e. The van der Waals surface area contributed by atoms with Crippen LogP contribution in [-0.2, 0) is 11.4 Å². The van der Waals surface area contributed by atoms with Crippen LogP contribution in [0, 0.1) is 0 Å². The first-order valence-corrected chi connectivity index (χ1v) is 8.82. The van der Waals surface area contributed by atoms with Gasteiger partial charge in [-0.15, -0.1) is 4.73 Å². The summed E-state index contributed by atoms with van der Waals surface area (Å²) in [6, 6.07) is 15.5. The average Bonchev–Trinajstić information content (AvgIpc) is 2.68. The van der Waals surface area contributed by atoms with E-state index in [9.17, 15) is 24.6 Å². The Morgan fingerprint density at radius 2 is 1.69 bits per heavy atom. The maximum Gasteiger partial charge on any atom is 0.328 e. The van der Waals surface area contributed by atoms with E-state index in [1.807, 2.05) is 30.3 Å². The van der Waals surface area contributed by atoms with E-state index in [-0.39, 0.29) is 17.5 Å². The first kappa shape index (κ1) is 19.9. The average molecular weight is 396 g/mol. The van der Waals surface area contributed by atoms with Gasteiger partial charge in [-0.1, -0.05) is 42.5 Å². The number of fused-ring (bicyclic) bond motifs is 1. The minimum atomic E-state index is -1.64. The lowest BCUT2D eigenvalue weighted by molar-refractivity contribution is -0.143. The molecule has 0 fully saturated rings. The number of carboxylic acids is 1. The Balaban J connectivity index is 2.10. The van der Waals surface area contributed by atoms with Gasteiger partial charge in [0.25, 0.3) is 11.5 Å². The number of benzene rings is 2. The Bertz CT molecular complexity index is 1140. The number of hydrogen-bond acceptors (Lipinski definition) is 5. The fraction of sp³-hybridized carbons (Fsp3) is 0.190. The molecule has 3 N–H and O–H groups in total. The number of aromatic hydroxyl groups is 1. The molecule has 0 saturated carbocycles. The number of carboxylic acid groups (broad SMARTS) is 1. The van der Waals surface area contributed by atoms with Gasteiger partial charge in [0.1, 0.15) is 17.9 Å². The first-order valence-electron chi connectivity index (χ1n) is 8.82. The number of hydrogen-bond donors (Lipinski definition) is 3. The van der Waals surface area contributed by atoms with E-state index in [1.54, 1.807) is 18.2 Å².